The van der Waals surface area contributed by atoms with Crippen LogP contribution in [-0.4, -0.2) is 26.6 Å². The number of halogens is 6. The minimum Gasteiger partial charge on any atom is -0.497 e. The number of rotatable bonds is 7. The zero-order valence-corrected chi connectivity index (χ0v) is 15.3. The number of hydrogen-bond acceptors (Lipinski definition) is 2. The molecule has 0 aliphatic heterocycles. The molecule has 2 nitrogen and oxygen atoms in total. The lowest BCUT2D eigenvalue weighted by atomic mass is 9.77. The molecule has 0 bridgehead atoms. The summed E-state index contributed by atoms with van der Waals surface area (Å²) in [5, 5.41) is 0. The van der Waals surface area contributed by atoms with Crippen LogP contribution in [0.25, 0.3) is 0 Å². The third-order valence-corrected chi connectivity index (χ3v) is 4.48. The smallest absolute Gasteiger partial charge is 0.389 e. The SMILES string of the molecule is COc1ccc(C(CC(F)(F)F)C(CC(F)(F)F)c2ccc(OC)cc2)cc1. The first-order chi connectivity index (χ1) is 13.0. The van der Waals surface area contributed by atoms with Crippen LogP contribution in [0.3, 0.4) is 0 Å². The maximum absolute atomic E-state index is 13.2. The average molecular weight is 406 g/mol. The number of methoxy groups -OCH3 is 2. The van der Waals surface area contributed by atoms with Crippen molar-refractivity contribution >= 4 is 0 Å². The summed E-state index contributed by atoms with van der Waals surface area (Å²) in [4.78, 5) is 0. The molecule has 2 atom stereocenters. The van der Waals surface area contributed by atoms with Crippen molar-refractivity contribution in [2.24, 2.45) is 0 Å². The standard InChI is InChI=1S/C20H20F6O2/c1-27-15-7-3-13(4-8-15)17(11-19(21,22)23)18(12-20(24,25)26)14-5-9-16(28-2)10-6-14/h3-10,17-18H,11-12H2,1-2H3. The van der Waals surface area contributed by atoms with E-state index in [0.29, 0.717) is 11.5 Å². The maximum Gasteiger partial charge on any atom is 0.389 e. The Morgan fingerprint density at radius 1 is 0.607 bits per heavy atom. The molecule has 0 radical (unpaired) electrons. The maximum atomic E-state index is 13.2. The lowest BCUT2D eigenvalue weighted by molar-refractivity contribution is -0.154. The fourth-order valence-electron chi connectivity index (χ4n) is 3.19. The molecular formula is C20H20F6O2. The number of hydrogen-bond donors (Lipinski definition) is 0. The first-order valence-electron chi connectivity index (χ1n) is 8.44. The van der Waals surface area contributed by atoms with Crippen LogP contribution in [0.1, 0.15) is 35.8 Å². The molecule has 0 aliphatic rings. The highest BCUT2D eigenvalue weighted by molar-refractivity contribution is 5.35. The van der Waals surface area contributed by atoms with Crippen molar-refractivity contribution in [3.63, 3.8) is 0 Å². The largest absolute Gasteiger partial charge is 0.497 e. The van der Waals surface area contributed by atoms with E-state index < -0.39 is 37.0 Å². The molecule has 2 rings (SSSR count). The van der Waals surface area contributed by atoms with Gasteiger partial charge in [0.2, 0.25) is 0 Å². The van der Waals surface area contributed by atoms with Gasteiger partial charge in [-0.2, -0.15) is 26.3 Å². The Bertz CT molecular complexity index is 670. The molecule has 0 spiro atoms. The zero-order chi connectivity index (χ0) is 20.9. The van der Waals surface area contributed by atoms with Crippen LogP contribution in [0.4, 0.5) is 26.3 Å². The Morgan fingerprint density at radius 2 is 0.893 bits per heavy atom. The predicted molar refractivity (Wildman–Crippen MR) is 92.8 cm³/mol. The highest BCUT2D eigenvalue weighted by Gasteiger charge is 2.42. The minimum atomic E-state index is -4.62. The van der Waals surface area contributed by atoms with Gasteiger partial charge in [0.05, 0.1) is 27.1 Å². The lowest BCUT2D eigenvalue weighted by Gasteiger charge is -2.30. The average Bonchev–Trinajstić information content (AvgIpc) is 2.63. The van der Waals surface area contributed by atoms with E-state index in [-0.39, 0.29) is 11.1 Å². The fraction of sp³-hybridized carbons (Fsp3) is 0.400. The van der Waals surface area contributed by atoms with Crippen LogP contribution >= 0.6 is 0 Å². The number of ether oxygens (including phenoxy) is 2. The summed E-state index contributed by atoms with van der Waals surface area (Å²) in [5.74, 6) is -1.99. The van der Waals surface area contributed by atoms with Gasteiger partial charge >= 0.3 is 12.4 Å². The molecule has 154 valence electrons. The second-order valence-corrected chi connectivity index (χ2v) is 6.40. The fourth-order valence-corrected chi connectivity index (χ4v) is 3.19. The summed E-state index contributed by atoms with van der Waals surface area (Å²) in [6.45, 7) is 0. The molecule has 2 aromatic rings. The van der Waals surface area contributed by atoms with Gasteiger partial charge in [-0.1, -0.05) is 24.3 Å². The van der Waals surface area contributed by atoms with Gasteiger partial charge in [-0.25, -0.2) is 0 Å². The van der Waals surface area contributed by atoms with E-state index in [2.05, 4.69) is 0 Å². The van der Waals surface area contributed by atoms with Crippen molar-refractivity contribution < 1.29 is 35.8 Å². The van der Waals surface area contributed by atoms with Crippen molar-refractivity contribution in [3.05, 3.63) is 59.7 Å². The van der Waals surface area contributed by atoms with Gasteiger partial charge in [0, 0.05) is 0 Å². The Kier molecular flexibility index (Phi) is 6.85. The Hall–Kier alpha value is -2.38. The summed E-state index contributed by atoms with van der Waals surface area (Å²) in [7, 11) is 2.79. The molecule has 0 aromatic heterocycles. The predicted octanol–water partition coefficient (Wildman–Crippen LogP) is 6.48. The molecule has 0 fully saturated rings. The van der Waals surface area contributed by atoms with Gasteiger partial charge in [0.15, 0.2) is 0 Å². The third-order valence-electron chi connectivity index (χ3n) is 4.48. The quantitative estimate of drug-likeness (QED) is 0.490. The van der Waals surface area contributed by atoms with Crippen molar-refractivity contribution in [1.82, 2.24) is 0 Å². The van der Waals surface area contributed by atoms with Crippen LogP contribution < -0.4 is 9.47 Å². The van der Waals surface area contributed by atoms with E-state index in [9.17, 15) is 26.3 Å². The second-order valence-electron chi connectivity index (χ2n) is 6.40. The van der Waals surface area contributed by atoms with Gasteiger partial charge in [-0.15, -0.1) is 0 Å². The summed E-state index contributed by atoms with van der Waals surface area (Å²) >= 11 is 0. The van der Waals surface area contributed by atoms with Crippen molar-refractivity contribution in [2.45, 2.75) is 37.0 Å². The van der Waals surface area contributed by atoms with E-state index in [0.717, 1.165) is 0 Å². The Balaban J connectivity index is 2.51. The first-order valence-corrected chi connectivity index (χ1v) is 8.44. The van der Waals surface area contributed by atoms with Gasteiger partial charge in [0.25, 0.3) is 0 Å². The number of alkyl halides is 6. The Morgan fingerprint density at radius 3 is 1.11 bits per heavy atom. The zero-order valence-electron chi connectivity index (χ0n) is 15.3. The van der Waals surface area contributed by atoms with Crippen molar-refractivity contribution in [3.8, 4) is 11.5 Å². The topological polar surface area (TPSA) is 18.5 Å². The van der Waals surface area contributed by atoms with Gasteiger partial charge in [-0.05, 0) is 47.2 Å². The van der Waals surface area contributed by atoms with Crippen molar-refractivity contribution in [2.75, 3.05) is 14.2 Å². The molecule has 0 amide bonds. The third kappa shape index (κ3) is 6.35. The van der Waals surface area contributed by atoms with Gasteiger partial charge < -0.3 is 9.47 Å². The van der Waals surface area contributed by atoms with Crippen LogP contribution in [0.5, 0.6) is 11.5 Å². The normalized spacial score (nSPS) is 14.4. The molecule has 0 N–H and O–H groups in total. The molecule has 28 heavy (non-hydrogen) atoms. The molecule has 0 saturated carbocycles. The number of benzene rings is 2. The van der Waals surface area contributed by atoms with Gasteiger partial charge in [0.1, 0.15) is 11.5 Å². The Labute approximate surface area is 159 Å². The molecule has 2 aromatic carbocycles. The van der Waals surface area contributed by atoms with Crippen LogP contribution in [0.15, 0.2) is 48.5 Å². The minimum absolute atomic E-state index is 0.170. The summed E-state index contributed by atoms with van der Waals surface area (Å²) < 4.78 is 89.4. The molecule has 8 heteroatoms. The summed E-state index contributed by atoms with van der Waals surface area (Å²) in [5.41, 5.74) is 0.339. The van der Waals surface area contributed by atoms with E-state index in [1.165, 1.54) is 62.8 Å². The van der Waals surface area contributed by atoms with E-state index in [1.54, 1.807) is 0 Å². The van der Waals surface area contributed by atoms with Crippen LogP contribution in [0.2, 0.25) is 0 Å². The monoisotopic (exact) mass is 406 g/mol. The van der Waals surface area contributed by atoms with Crippen LogP contribution in [-0.2, 0) is 0 Å². The van der Waals surface area contributed by atoms with Crippen molar-refractivity contribution in [1.29, 1.82) is 0 Å². The van der Waals surface area contributed by atoms with E-state index >= 15 is 0 Å². The summed E-state index contributed by atoms with van der Waals surface area (Å²) in [6.07, 6.45) is -12.0. The first kappa shape index (κ1) is 21.9. The molecule has 2 unspecified atom stereocenters. The molecule has 0 aliphatic carbocycles. The highest BCUT2D eigenvalue weighted by Crippen LogP contribution is 2.46. The molecular weight excluding hydrogens is 386 g/mol. The van der Waals surface area contributed by atoms with Gasteiger partial charge in [-0.3, -0.25) is 0 Å². The summed E-state index contributed by atoms with van der Waals surface area (Å²) in [6, 6.07) is 11.3. The van der Waals surface area contributed by atoms with E-state index in [1.807, 2.05) is 0 Å². The highest BCUT2D eigenvalue weighted by atomic mass is 19.4. The second kappa shape index (κ2) is 8.75. The van der Waals surface area contributed by atoms with E-state index in [4.69, 9.17) is 9.47 Å². The molecule has 0 heterocycles. The van der Waals surface area contributed by atoms with Crippen LogP contribution in [0, 0.1) is 0 Å². The lowest BCUT2D eigenvalue weighted by Crippen LogP contribution is -2.24. The molecule has 0 saturated heterocycles.